The first-order valence-corrected chi connectivity index (χ1v) is 20.9. The zero-order valence-electron chi connectivity index (χ0n) is 32.7. The number of cyclic esters (lactones) is 2. The molecule has 0 N–H and O–H groups in total. The van der Waals surface area contributed by atoms with Gasteiger partial charge in [0.05, 0.1) is 26.1 Å². The monoisotopic (exact) mass is 684 g/mol. The molecule has 282 valence electrons. The van der Waals surface area contributed by atoms with E-state index in [1.54, 1.807) is 0 Å². The maximum atomic E-state index is 13.2. The molecule has 2 atom stereocenters. The van der Waals surface area contributed by atoms with Crippen molar-refractivity contribution < 1.29 is 19.1 Å². The van der Waals surface area contributed by atoms with Crippen molar-refractivity contribution >= 4 is 11.9 Å². The first kappa shape index (κ1) is 45.0. The van der Waals surface area contributed by atoms with Crippen molar-refractivity contribution in [3.8, 4) is 0 Å². The number of carbonyl (C=O) groups excluding carboxylic acids is 2. The van der Waals surface area contributed by atoms with E-state index in [1.165, 1.54) is 77.2 Å². The maximum absolute atomic E-state index is 13.2. The van der Waals surface area contributed by atoms with Crippen molar-refractivity contribution in [2.45, 2.75) is 188 Å². The van der Waals surface area contributed by atoms with E-state index < -0.39 is 0 Å². The second-order valence-corrected chi connectivity index (χ2v) is 14.6. The van der Waals surface area contributed by atoms with Crippen LogP contribution >= 0.6 is 0 Å². The molecule has 1 aliphatic heterocycles. The van der Waals surface area contributed by atoms with Crippen LogP contribution in [-0.4, -0.2) is 49.7 Å². The molecule has 5 heteroatoms. The van der Waals surface area contributed by atoms with Crippen molar-refractivity contribution in [3.63, 3.8) is 0 Å². The molecular weight excluding hydrogens is 606 g/mol. The summed E-state index contributed by atoms with van der Waals surface area (Å²) in [5.74, 6) is 0.488. The second-order valence-electron chi connectivity index (χ2n) is 14.6. The quantitative estimate of drug-likeness (QED) is 0.110. The molecule has 1 saturated heterocycles. The lowest BCUT2D eigenvalue weighted by Gasteiger charge is -2.25. The van der Waals surface area contributed by atoms with Crippen molar-refractivity contribution in [1.82, 2.24) is 4.90 Å². The third-order valence-corrected chi connectivity index (χ3v) is 10.6. The fraction of sp³-hybridized carbons (Fsp3) is 0.841. The first-order valence-electron chi connectivity index (χ1n) is 20.9. The van der Waals surface area contributed by atoms with Gasteiger partial charge in [-0.05, 0) is 87.4 Å². The Labute approximate surface area is 303 Å². The highest BCUT2D eigenvalue weighted by Crippen LogP contribution is 2.33. The van der Waals surface area contributed by atoms with Crippen LogP contribution < -0.4 is 0 Å². The van der Waals surface area contributed by atoms with Crippen LogP contribution in [0.5, 0.6) is 0 Å². The standard InChI is InChI=1S/C44H77NO4/c1-6-11-22-30-40-37-43(46)48-35-26-20-16-14-18-24-28-39(33-34-45(9-4)10-5)29-25-19-15-17-21-27-36-49-44(47)38-41(31-23-12-7-2)42(40)32-13-8-3/h39-41H,3,6-7,9-12,14-31,33-38H2,1-2,4-5H3. The van der Waals surface area contributed by atoms with E-state index in [2.05, 4.69) is 56.4 Å². The summed E-state index contributed by atoms with van der Waals surface area (Å²) in [6.45, 7) is 17.2. The first-order chi connectivity index (χ1) is 24.0. The Bertz CT molecular complexity index is 900. The molecule has 49 heavy (non-hydrogen) atoms. The molecule has 0 saturated carbocycles. The normalized spacial score (nSPS) is 22.4. The highest BCUT2D eigenvalue weighted by Gasteiger charge is 2.28. The van der Waals surface area contributed by atoms with E-state index in [0.717, 1.165) is 102 Å². The Morgan fingerprint density at radius 2 is 1.08 bits per heavy atom. The van der Waals surface area contributed by atoms with Gasteiger partial charge in [-0.1, -0.05) is 155 Å². The zero-order chi connectivity index (χ0) is 35.8. The summed E-state index contributed by atoms with van der Waals surface area (Å²) in [4.78, 5) is 29.0. The van der Waals surface area contributed by atoms with Gasteiger partial charge in [0.1, 0.15) is 0 Å². The average Bonchev–Trinajstić information content (AvgIpc) is 3.09. The van der Waals surface area contributed by atoms with Gasteiger partial charge in [-0.25, -0.2) is 0 Å². The number of allylic oxidation sites excluding steroid dienone is 1. The molecule has 1 rings (SSSR count). The highest BCUT2D eigenvalue weighted by molar-refractivity contribution is 5.71. The fourth-order valence-corrected chi connectivity index (χ4v) is 7.38. The van der Waals surface area contributed by atoms with E-state index in [4.69, 9.17) is 9.47 Å². The van der Waals surface area contributed by atoms with E-state index >= 15 is 0 Å². The summed E-state index contributed by atoms with van der Waals surface area (Å²) in [7, 11) is 0. The molecule has 1 fully saturated rings. The second kappa shape index (κ2) is 31.9. The minimum atomic E-state index is -0.143. The summed E-state index contributed by atoms with van der Waals surface area (Å²) < 4.78 is 11.6. The summed E-state index contributed by atoms with van der Waals surface area (Å²) in [5.41, 5.74) is 10.0. The molecule has 0 aromatic heterocycles. The van der Waals surface area contributed by atoms with Crippen LogP contribution in [-0.2, 0) is 19.1 Å². The third-order valence-electron chi connectivity index (χ3n) is 10.6. The number of carbonyl (C=O) groups is 2. The number of unbranched alkanes of at least 4 members (excludes halogenated alkanes) is 4. The summed E-state index contributed by atoms with van der Waals surface area (Å²) >= 11 is 0. The Balaban J connectivity index is 2.99. The van der Waals surface area contributed by atoms with Crippen molar-refractivity contribution in [2.75, 3.05) is 32.8 Å². The topological polar surface area (TPSA) is 55.8 Å². The van der Waals surface area contributed by atoms with Gasteiger partial charge in [0.2, 0.25) is 0 Å². The third kappa shape index (κ3) is 23.9. The molecule has 0 bridgehead atoms. The SMILES string of the molecule is C=C=C=C=C1C(CCCCC)CC(=O)OCCCCCCCCC(CCN(CC)CC)CCCCCCCCOC(=O)CC1CCCCC. The van der Waals surface area contributed by atoms with Crippen LogP contribution in [0.1, 0.15) is 188 Å². The molecule has 0 spiro atoms. The zero-order valence-corrected chi connectivity index (χ0v) is 32.7. The minimum absolute atomic E-state index is 0.0336. The van der Waals surface area contributed by atoms with Crippen LogP contribution in [0.2, 0.25) is 0 Å². The van der Waals surface area contributed by atoms with E-state index in [-0.39, 0.29) is 23.8 Å². The number of hydrogen-bond donors (Lipinski definition) is 0. The highest BCUT2D eigenvalue weighted by atomic mass is 16.5. The van der Waals surface area contributed by atoms with Crippen LogP contribution in [0.15, 0.2) is 29.3 Å². The largest absolute Gasteiger partial charge is 0.466 e. The maximum Gasteiger partial charge on any atom is 0.306 e. The lowest BCUT2D eigenvalue weighted by molar-refractivity contribution is -0.145. The van der Waals surface area contributed by atoms with Crippen LogP contribution in [0, 0.1) is 17.8 Å². The van der Waals surface area contributed by atoms with Crippen molar-refractivity contribution in [3.05, 3.63) is 29.3 Å². The molecule has 0 aromatic carbocycles. The van der Waals surface area contributed by atoms with Crippen LogP contribution in [0.4, 0.5) is 0 Å². The number of nitrogens with zero attached hydrogens (tertiary/aromatic N) is 1. The minimum Gasteiger partial charge on any atom is -0.466 e. The predicted molar refractivity (Wildman–Crippen MR) is 207 cm³/mol. The van der Waals surface area contributed by atoms with Gasteiger partial charge in [-0.3, -0.25) is 9.59 Å². The van der Waals surface area contributed by atoms with Crippen molar-refractivity contribution in [2.24, 2.45) is 17.8 Å². The van der Waals surface area contributed by atoms with Crippen LogP contribution in [0.25, 0.3) is 0 Å². The van der Waals surface area contributed by atoms with Crippen molar-refractivity contribution in [1.29, 1.82) is 0 Å². The van der Waals surface area contributed by atoms with Gasteiger partial charge < -0.3 is 14.4 Å². The predicted octanol–water partition coefficient (Wildman–Crippen LogP) is 12.1. The number of esters is 2. The fourth-order valence-electron chi connectivity index (χ4n) is 7.38. The van der Waals surface area contributed by atoms with Gasteiger partial charge in [-0.2, -0.15) is 0 Å². The van der Waals surface area contributed by atoms with Gasteiger partial charge in [0, 0.05) is 0 Å². The molecule has 0 radical (unpaired) electrons. The average molecular weight is 684 g/mol. The van der Waals surface area contributed by atoms with Gasteiger partial charge in [0.15, 0.2) is 0 Å². The Morgan fingerprint density at radius 1 is 0.633 bits per heavy atom. The number of rotatable bonds is 13. The smallest absolute Gasteiger partial charge is 0.306 e. The molecule has 0 aromatic rings. The molecule has 1 heterocycles. The van der Waals surface area contributed by atoms with E-state index in [9.17, 15) is 9.59 Å². The van der Waals surface area contributed by atoms with E-state index in [1.807, 2.05) is 0 Å². The van der Waals surface area contributed by atoms with Gasteiger partial charge in [0.25, 0.3) is 0 Å². The molecular formula is C44H77NO4. The Morgan fingerprint density at radius 3 is 1.51 bits per heavy atom. The summed E-state index contributed by atoms with van der Waals surface area (Å²) in [5, 5.41) is 0. The lowest BCUT2D eigenvalue weighted by atomic mass is 9.79. The van der Waals surface area contributed by atoms with Gasteiger partial charge in [-0.15, -0.1) is 0 Å². The van der Waals surface area contributed by atoms with Gasteiger partial charge >= 0.3 is 11.9 Å². The molecule has 2 unspecified atom stereocenters. The van der Waals surface area contributed by atoms with Crippen LogP contribution in [0.3, 0.4) is 0 Å². The summed E-state index contributed by atoms with van der Waals surface area (Å²) in [6.07, 6.45) is 27.3. The molecule has 0 amide bonds. The Hall–Kier alpha value is -2.02. The lowest BCUT2D eigenvalue weighted by Crippen LogP contribution is -2.25. The molecule has 5 nitrogen and oxygen atoms in total. The van der Waals surface area contributed by atoms with E-state index in [0.29, 0.717) is 26.1 Å². The number of hydrogen-bond acceptors (Lipinski definition) is 5. The number of ether oxygens (including phenoxy) is 2. The summed E-state index contributed by atoms with van der Waals surface area (Å²) in [6, 6.07) is 0. The molecule has 1 aliphatic rings. The molecule has 0 aliphatic carbocycles. The Kier molecular flexibility index (Phi) is 29.3.